The van der Waals surface area contributed by atoms with Crippen LogP contribution in [0.15, 0.2) is 22.2 Å². The lowest BCUT2D eigenvalue weighted by molar-refractivity contribution is -0.139. The molecule has 0 saturated carbocycles. The van der Waals surface area contributed by atoms with Crippen molar-refractivity contribution in [1.82, 2.24) is 0 Å². The molecule has 1 rings (SSSR count). The number of hydrogen-bond acceptors (Lipinski definition) is 4. The van der Waals surface area contributed by atoms with Gasteiger partial charge in [-0.15, -0.1) is 5.11 Å². The first-order valence-corrected chi connectivity index (χ1v) is 2.54. The molecular formula is C5H4N2O3. The SMILES string of the molecule is CC(=O)OC1=CN=NC1=O. The van der Waals surface area contributed by atoms with Crippen molar-refractivity contribution in [1.29, 1.82) is 0 Å². The van der Waals surface area contributed by atoms with Gasteiger partial charge < -0.3 is 4.74 Å². The zero-order chi connectivity index (χ0) is 7.56. The third-order valence-corrected chi connectivity index (χ3v) is 0.788. The Labute approximate surface area is 56.4 Å². The number of carbonyl (C=O) groups is 2. The summed E-state index contributed by atoms with van der Waals surface area (Å²) < 4.78 is 4.41. The van der Waals surface area contributed by atoms with Gasteiger partial charge in [-0.05, 0) is 0 Å². The Hall–Kier alpha value is -1.52. The van der Waals surface area contributed by atoms with Gasteiger partial charge in [0.2, 0.25) is 5.76 Å². The van der Waals surface area contributed by atoms with Crippen molar-refractivity contribution < 1.29 is 14.3 Å². The van der Waals surface area contributed by atoms with Crippen molar-refractivity contribution >= 4 is 11.9 Å². The van der Waals surface area contributed by atoms with Crippen molar-refractivity contribution in [2.24, 2.45) is 10.2 Å². The highest BCUT2D eigenvalue weighted by Crippen LogP contribution is 2.07. The van der Waals surface area contributed by atoms with Crippen LogP contribution < -0.4 is 0 Å². The molecule has 0 radical (unpaired) electrons. The van der Waals surface area contributed by atoms with Crippen LogP contribution in [0.25, 0.3) is 0 Å². The summed E-state index contributed by atoms with van der Waals surface area (Å²) in [5.74, 6) is -1.28. The van der Waals surface area contributed by atoms with E-state index in [0.717, 1.165) is 6.20 Å². The molecule has 0 aliphatic carbocycles. The zero-order valence-electron chi connectivity index (χ0n) is 5.20. The molecule has 0 bridgehead atoms. The minimum atomic E-state index is -0.616. The number of nitrogens with zero attached hydrogens (tertiary/aromatic N) is 2. The maximum absolute atomic E-state index is 10.5. The molecule has 5 nitrogen and oxygen atoms in total. The normalized spacial score (nSPS) is 15.3. The fraction of sp³-hybridized carbons (Fsp3) is 0.200. The molecular weight excluding hydrogens is 136 g/mol. The Morgan fingerprint density at radius 2 is 2.40 bits per heavy atom. The first kappa shape index (κ1) is 6.60. The maximum Gasteiger partial charge on any atom is 0.332 e. The van der Waals surface area contributed by atoms with Crippen LogP contribution >= 0.6 is 0 Å². The van der Waals surface area contributed by atoms with Gasteiger partial charge in [-0.1, -0.05) is 0 Å². The number of esters is 1. The van der Waals surface area contributed by atoms with Gasteiger partial charge in [-0.3, -0.25) is 9.59 Å². The van der Waals surface area contributed by atoms with E-state index in [4.69, 9.17) is 0 Å². The van der Waals surface area contributed by atoms with Gasteiger partial charge in [-0.2, -0.15) is 5.11 Å². The lowest BCUT2D eigenvalue weighted by atomic mass is 10.5. The second kappa shape index (κ2) is 2.38. The monoisotopic (exact) mass is 140 g/mol. The summed E-state index contributed by atoms with van der Waals surface area (Å²) in [5, 5.41) is 6.32. The van der Waals surface area contributed by atoms with Crippen molar-refractivity contribution in [3.63, 3.8) is 0 Å². The molecule has 0 N–H and O–H groups in total. The summed E-state index contributed by atoms with van der Waals surface area (Å²) in [6.07, 6.45) is 1.10. The van der Waals surface area contributed by atoms with Crippen molar-refractivity contribution in [2.75, 3.05) is 0 Å². The number of azo groups is 1. The first-order valence-electron chi connectivity index (χ1n) is 2.54. The van der Waals surface area contributed by atoms with Crippen LogP contribution in [-0.4, -0.2) is 11.9 Å². The van der Waals surface area contributed by atoms with Crippen molar-refractivity contribution in [2.45, 2.75) is 6.92 Å². The Morgan fingerprint density at radius 3 is 2.80 bits per heavy atom. The summed E-state index contributed by atoms with van der Waals surface area (Å²) in [6.45, 7) is 1.20. The van der Waals surface area contributed by atoms with Crippen LogP contribution in [-0.2, 0) is 14.3 Å². The molecule has 52 valence electrons. The Bertz CT molecular complexity index is 241. The molecule has 5 heteroatoms. The van der Waals surface area contributed by atoms with Gasteiger partial charge in [0.25, 0.3) is 0 Å². The van der Waals surface area contributed by atoms with E-state index < -0.39 is 11.9 Å². The van der Waals surface area contributed by atoms with Crippen LogP contribution in [0.1, 0.15) is 6.92 Å². The zero-order valence-corrected chi connectivity index (χ0v) is 5.20. The second-order valence-corrected chi connectivity index (χ2v) is 1.61. The fourth-order valence-electron chi connectivity index (χ4n) is 0.463. The smallest absolute Gasteiger partial charge is 0.332 e. The van der Waals surface area contributed by atoms with E-state index >= 15 is 0 Å². The minimum absolute atomic E-state index is 0.118. The van der Waals surface area contributed by atoms with E-state index in [0.29, 0.717) is 0 Å². The van der Waals surface area contributed by atoms with Gasteiger partial charge >= 0.3 is 11.9 Å². The van der Waals surface area contributed by atoms with Crippen LogP contribution in [0.3, 0.4) is 0 Å². The molecule has 1 heterocycles. The highest BCUT2D eigenvalue weighted by atomic mass is 16.5. The molecule has 0 atom stereocenters. The van der Waals surface area contributed by atoms with Gasteiger partial charge in [0.1, 0.15) is 0 Å². The molecule has 0 saturated heterocycles. The molecule has 1 amide bonds. The average molecular weight is 140 g/mol. The predicted octanol–water partition coefficient (Wildman–Crippen LogP) is 0.383. The number of carbonyl (C=O) groups excluding carboxylic acids is 2. The molecule has 0 aromatic carbocycles. The average Bonchev–Trinajstić information content (AvgIpc) is 2.15. The van der Waals surface area contributed by atoms with Gasteiger partial charge in [0.05, 0.1) is 6.20 Å². The third-order valence-electron chi connectivity index (χ3n) is 0.788. The van der Waals surface area contributed by atoms with Crippen LogP contribution in [0.4, 0.5) is 0 Å². The predicted molar refractivity (Wildman–Crippen MR) is 29.7 cm³/mol. The largest absolute Gasteiger partial charge is 0.419 e. The van der Waals surface area contributed by atoms with E-state index in [-0.39, 0.29) is 5.76 Å². The molecule has 0 aromatic rings. The molecule has 0 spiro atoms. The van der Waals surface area contributed by atoms with E-state index in [1.807, 2.05) is 0 Å². The lowest BCUT2D eigenvalue weighted by Gasteiger charge is -1.94. The van der Waals surface area contributed by atoms with Gasteiger partial charge in [0.15, 0.2) is 0 Å². The summed E-state index contributed by atoms with van der Waals surface area (Å²) in [4.78, 5) is 20.8. The van der Waals surface area contributed by atoms with Crippen LogP contribution in [0.2, 0.25) is 0 Å². The lowest BCUT2D eigenvalue weighted by Crippen LogP contribution is -2.03. The highest BCUT2D eigenvalue weighted by Gasteiger charge is 2.16. The van der Waals surface area contributed by atoms with E-state index in [1.54, 1.807) is 0 Å². The van der Waals surface area contributed by atoms with E-state index in [1.165, 1.54) is 6.92 Å². The van der Waals surface area contributed by atoms with Crippen molar-refractivity contribution in [3.05, 3.63) is 12.0 Å². The number of rotatable bonds is 1. The quantitative estimate of drug-likeness (QED) is 0.494. The molecule has 0 fully saturated rings. The second-order valence-electron chi connectivity index (χ2n) is 1.61. The van der Waals surface area contributed by atoms with Crippen molar-refractivity contribution in [3.8, 4) is 0 Å². The fourth-order valence-corrected chi connectivity index (χ4v) is 0.463. The van der Waals surface area contributed by atoms with Crippen LogP contribution in [0.5, 0.6) is 0 Å². The summed E-state index contributed by atoms with van der Waals surface area (Å²) in [7, 11) is 0. The third kappa shape index (κ3) is 1.25. The number of amides is 1. The number of ether oxygens (including phenoxy) is 1. The summed E-state index contributed by atoms with van der Waals surface area (Å²) in [5.41, 5.74) is 0. The summed E-state index contributed by atoms with van der Waals surface area (Å²) in [6, 6.07) is 0. The Kier molecular flexibility index (Phi) is 1.57. The minimum Gasteiger partial charge on any atom is -0.419 e. The van der Waals surface area contributed by atoms with E-state index in [9.17, 15) is 9.59 Å². The standard InChI is InChI=1S/C5H4N2O3/c1-3(8)10-4-2-6-7-5(4)9/h2H,1H3. The summed E-state index contributed by atoms with van der Waals surface area (Å²) >= 11 is 0. The Morgan fingerprint density at radius 1 is 1.70 bits per heavy atom. The molecule has 10 heavy (non-hydrogen) atoms. The molecule has 1 aliphatic heterocycles. The molecule has 0 unspecified atom stereocenters. The van der Waals surface area contributed by atoms with Gasteiger partial charge in [0, 0.05) is 6.92 Å². The topological polar surface area (TPSA) is 68.1 Å². The van der Waals surface area contributed by atoms with E-state index in [2.05, 4.69) is 15.0 Å². The number of hydrogen-bond donors (Lipinski definition) is 0. The molecule has 0 aromatic heterocycles. The first-order chi connectivity index (χ1) is 4.70. The highest BCUT2D eigenvalue weighted by molar-refractivity contribution is 5.95. The Balaban J connectivity index is 2.61. The van der Waals surface area contributed by atoms with Crippen LogP contribution in [0, 0.1) is 0 Å². The maximum atomic E-state index is 10.5. The molecule has 1 aliphatic rings. The van der Waals surface area contributed by atoms with Gasteiger partial charge in [-0.25, -0.2) is 0 Å².